The largest absolute Gasteiger partial charge is 0.366 e. The van der Waals surface area contributed by atoms with E-state index >= 15 is 0 Å². The summed E-state index contributed by atoms with van der Waals surface area (Å²) in [5.41, 5.74) is 2.91. The smallest absolute Gasteiger partial charge is 0.332 e. The molecule has 0 unspecified atom stereocenters. The Kier molecular flexibility index (Phi) is 5.86. The number of nitrogens with one attached hydrogen (secondary N) is 3. The van der Waals surface area contributed by atoms with E-state index < -0.39 is 0 Å². The van der Waals surface area contributed by atoms with E-state index in [9.17, 15) is 14.4 Å². The SMILES string of the molecule is CCn1c(=O)n(C2CC2)c(=O)c2[nH]c(-c3ccc(NCc4ccc(CC(=O)NC5CC5)cc4)nc3)nc21. The highest BCUT2D eigenvalue weighted by atomic mass is 16.2. The minimum absolute atomic E-state index is 0.0102. The number of nitrogens with zero attached hydrogens (tertiary/aromatic N) is 4. The first kappa shape index (κ1) is 23.2. The van der Waals surface area contributed by atoms with Crippen LogP contribution in [0.2, 0.25) is 0 Å². The molecule has 3 N–H and O–H groups in total. The van der Waals surface area contributed by atoms with Crippen molar-refractivity contribution in [2.24, 2.45) is 0 Å². The molecule has 3 aromatic heterocycles. The van der Waals surface area contributed by atoms with E-state index in [4.69, 9.17) is 0 Å². The molecule has 0 aliphatic heterocycles. The van der Waals surface area contributed by atoms with Gasteiger partial charge in [-0.2, -0.15) is 0 Å². The van der Waals surface area contributed by atoms with Crippen LogP contribution in [0.4, 0.5) is 5.82 Å². The molecule has 190 valence electrons. The maximum Gasteiger partial charge on any atom is 0.332 e. The predicted octanol–water partition coefficient (Wildman–Crippen LogP) is 2.74. The summed E-state index contributed by atoms with van der Waals surface area (Å²) in [6.45, 7) is 2.90. The molecule has 0 saturated heterocycles. The number of benzene rings is 1. The van der Waals surface area contributed by atoms with Crippen molar-refractivity contribution < 1.29 is 4.79 Å². The molecule has 10 heteroatoms. The lowest BCUT2D eigenvalue weighted by atomic mass is 10.1. The topological polar surface area (TPSA) is 127 Å². The van der Waals surface area contributed by atoms with Crippen LogP contribution in [0.15, 0.2) is 52.2 Å². The maximum atomic E-state index is 13.0. The Labute approximate surface area is 212 Å². The van der Waals surface area contributed by atoms with E-state index in [2.05, 4.69) is 25.6 Å². The van der Waals surface area contributed by atoms with Crippen LogP contribution in [0.1, 0.15) is 49.8 Å². The minimum atomic E-state index is -0.313. The van der Waals surface area contributed by atoms with Gasteiger partial charge in [-0.1, -0.05) is 24.3 Å². The molecule has 0 bridgehead atoms. The van der Waals surface area contributed by atoms with Crippen LogP contribution in [0, 0.1) is 0 Å². The Morgan fingerprint density at radius 3 is 2.46 bits per heavy atom. The number of hydrogen-bond donors (Lipinski definition) is 3. The molecule has 2 aliphatic rings. The van der Waals surface area contributed by atoms with Crippen LogP contribution in [-0.4, -0.2) is 36.0 Å². The van der Waals surface area contributed by atoms with E-state index in [0.29, 0.717) is 48.4 Å². The molecule has 37 heavy (non-hydrogen) atoms. The van der Waals surface area contributed by atoms with E-state index in [1.165, 1.54) is 4.57 Å². The summed E-state index contributed by atoms with van der Waals surface area (Å²) in [6, 6.07) is 12.1. The van der Waals surface area contributed by atoms with E-state index in [1.54, 1.807) is 10.8 Å². The molecule has 4 aromatic rings. The Bertz CT molecular complexity index is 1570. The van der Waals surface area contributed by atoms with Gasteiger partial charge in [0.2, 0.25) is 5.91 Å². The van der Waals surface area contributed by atoms with Crippen molar-refractivity contribution in [2.75, 3.05) is 5.32 Å². The molecule has 6 rings (SSSR count). The Morgan fingerprint density at radius 1 is 1.05 bits per heavy atom. The van der Waals surface area contributed by atoms with Gasteiger partial charge in [-0.3, -0.25) is 18.7 Å². The number of fused-ring (bicyclic) bond motifs is 1. The van der Waals surface area contributed by atoms with Crippen LogP contribution in [-0.2, 0) is 24.3 Å². The molecule has 1 aromatic carbocycles. The quantitative estimate of drug-likeness (QED) is 0.325. The number of carbonyl (C=O) groups is 1. The molecular formula is C27H29N7O3. The Balaban J connectivity index is 1.14. The first-order valence-electron chi connectivity index (χ1n) is 12.8. The van der Waals surface area contributed by atoms with Gasteiger partial charge in [-0.05, 0) is 55.9 Å². The number of imidazole rings is 1. The lowest BCUT2D eigenvalue weighted by molar-refractivity contribution is -0.120. The average Bonchev–Trinajstić information content (AvgIpc) is 3.84. The summed E-state index contributed by atoms with van der Waals surface area (Å²) in [4.78, 5) is 50.0. The zero-order chi connectivity index (χ0) is 25.5. The van der Waals surface area contributed by atoms with Crippen molar-refractivity contribution in [1.82, 2.24) is 29.4 Å². The molecule has 2 saturated carbocycles. The number of hydrogen-bond acceptors (Lipinski definition) is 6. The van der Waals surface area contributed by atoms with Gasteiger partial charge in [-0.25, -0.2) is 14.8 Å². The highest BCUT2D eigenvalue weighted by Crippen LogP contribution is 2.32. The molecule has 2 aliphatic carbocycles. The lowest BCUT2D eigenvalue weighted by Gasteiger charge is -2.08. The van der Waals surface area contributed by atoms with E-state index in [1.807, 2.05) is 43.3 Å². The van der Waals surface area contributed by atoms with Crippen LogP contribution in [0.25, 0.3) is 22.6 Å². The van der Waals surface area contributed by atoms with Crippen molar-refractivity contribution in [3.8, 4) is 11.4 Å². The normalized spacial score (nSPS) is 15.2. The summed E-state index contributed by atoms with van der Waals surface area (Å²) >= 11 is 0. The summed E-state index contributed by atoms with van der Waals surface area (Å²) in [5, 5.41) is 6.31. The molecule has 0 radical (unpaired) electrons. The fourth-order valence-corrected chi connectivity index (χ4v) is 4.51. The fourth-order valence-electron chi connectivity index (χ4n) is 4.51. The second kappa shape index (κ2) is 9.34. The van der Waals surface area contributed by atoms with Gasteiger partial charge < -0.3 is 15.6 Å². The van der Waals surface area contributed by atoms with Crippen molar-refractivity contribution in [1.29, 1.82) is 0 Å². The number of aromatic amines is 1. The van der Waals surface area contributed by atoms with Gasteiger partial charge in [0.15, 0.2) is 5.65 Å². The molecule has 1 amide bonds. The third kappa shape index (κ3) is 4.78. The number of carbonyl (C=O) groups excluding carboxylic acids is 1. The summed E-state index contributed by atoms with van der Waals surface area (Å²) in [6.07, 6.45) is 5.97. The average molecular weight is 500 g/mol. The highest BCUT2D eigenvalue weighted by Gasteiger charge is 2.29. The second-order valence-electron chi connectivity index (χ2n) is 9.84. The van der Waals surface area contributed by atoms with Crippen LogP contribution >= 0.6 is 0 Å². The molecule has 0 spiro atoms. The van der Waals surface area contributed by atoms with Crippen molar-refractivity contribution in [3.63, 3.8) is 0 Å². The highest BCUT2D eigenvalue weighted by molar-refractivity contribution is 5.79. The summed E-state index contributed by atoms with van der Waals surface area (Å²) in [5.74, 6) is 1.28. The van der Waals surface area contributed by atoms with Gasteiger partial charge in [0.25, 0.3) is 5.56 Å². The molecule has 10 nitrogen and oxygen atoms in total. The fraction of sp³-hybridized carbons (Fsp3) is 0.370. The Morgan fingerprint density at radius 2 is 1.81 bits per heavy atom. The first-order valence-corrected chi connectivity index (χ1v) is 12.8. The van der Waals surface area contributed by atoms with Gasteiger partial charge in [0.1, 0.15) is 17.2 Å². The number of rotatable bonds is 9. The van der Waals surface area contributed by atoms with E-state index in [-0.39, 0.29) is 23.2 Å². The molecule has 0 atom stereocenters. The second-order valence-corrected chi connectivity index (χ2v) is 9.84. The van der Waals surface area contributed by atoms with Gasteiger partial charge in [-0.15, -0.1) is 0 Å². The maximum absolute atomic E-state index is 13.0. The van der Waals surface area contributed by atoms with Crippen LogP contribution < -0.4 is 21.9 Å². The predicted molar refractivity (Wildman–Crippen MR) is 140 cm³/mol. The van der Waals surface area contributed by atoms with Gasteiger partial charge in [0, 0.05) is 36.9 Å². The van der Waals surface area contributed by atoms with Crippen LogP contribution in [0.5, 0.6) is 0 Å². The third-order valence-electron chi connectivity index (χ3n) is 6.88. The summed E-state index contributed by atoms with van der Waals surface area (Å²) in [7, 11) is 0. The standard InChI is InChI=1S/C27H29N7O3/c1-2-33-25-23(26(36)34(27(33)37)20-10-11-20)31-24(32-25)18-7-12-21(29-15-18)28-14-17-5-3-16(4-6-17)13-22(35)30-19-8-9-19/h3-7,12,15,19-20H,2,8-11,13-14H2,1H3,(H,28,29)(H,30,35)(H,31,32). The number of aromatic nitrogens is 5. The lowest BCUT2D eigenvalue weighted by Crippen LogP contribution is -2.39. The van der Waals surface area contributed by atoms with Crippen molar-refractivity contribution in [3.05, 3.63) is 74.6 Å². The van der Waals surface area contributed by atoms with Crippen LogP contribution in [0.3, 0.4) is 0 Å². The zero-order valence-electron chi connectivity index (χ0n) is 20.7. The first-order chi connectivity index (χ1) is 18.0. The summed E-state index contributed by atoms with van der Waals surface area (Å²) < 4.78 is 2.90. The molecular weight excluding hydrogens is 470 g/mol. The number of pyridine rings is 1. The third-order valence-corrected chi connectivity index (χ3v) is 6.88. The molecule has 3 heterocycles. The van der Waals surface area contributed by atoms with E-state index in [0.717, 1.165) is 42.4 Å². The number of H-pyrrole nitrogens is 1. The Hall–Kier alpha value is -4.21. The molecule has 2 fully saturated rings. The number of aryl methyl sites for hydroxylation is 1. The zero-order valence-corrected chi connectivity index (χ0v) is 20.7. The number of anilines is 1. The van der Waals surface area contributed by atoms with Gasteiger partial charge in [0.05, 0.1) is 6.42 Å². The van der Waals surface area contributed by atoms with Gasteiger partial charge >= 0.3 is 5.69 Å². The monoisotopic (exact) mass is 499 g/mol. The minimum Gasteiger partial charge on any atom is -0.366 e. The number of amides is 1. The van der Waals surface area contributed by atoms with Crippen molar-refractivity contribution >= 4 is 22.9 Å². The van der Waals surface area contributed by atoms with Crippen molar-refractivity contribution in [2.45, 2.75) is 64.2 Å².